The van der Waals surface area contributed by atoms with E-state index in [4.69, 9.17) is 9.47 Å². The maximum atomic E-state index is 12.0. The van der Waals surface area contributed by atoms with Crippen LogP contribution < -0.4 is 4.74 Å². The van der Waals surface area contributed by atoms with Crippen molar-refractivity contribution < 1.29 is 14.3 Å². The molecule has 0 radical (unpaired) electrons. The highest BCUT2D eigenvalue weighted by molar-refractivity contribution is 5.78. The first-order valence-corrected chi connectivity index (χ1v) is 6.18. The Hall–Kier alpha value is -1.55. The first kappa shape index (κ1) is 12.9. The van der Waals surface area contributed by atoms with E-state index in [0.717, 1.165) is 30.7 Å². The molecule has 0 N–H and O–H groups in total. The second-order valence-corrected chi connectivity index (χ2v) is 4.45. The molecule has 0 bridgehead atoms. The molecule has 2 rings (SSSR count). The third-order valence-corrected chi connectivity index (χ3v) is 3.32. The quantitative estimate of drug-likeness (QED) is 0.819. The Bertz CT molecular complexity index is 419. The van der Waals surface area contributed by atoms with E-state index in [1.807, 2.05) is 29.2 Å². The lowest BCUT2D eigenvalue weighted by molar-refractivity contribution is -0.136. The molecule has 1 heterocycles. The van der Waals surface area contributed by atoms with Gasteiger partial charge >= 0.3 is 0 Å². The van der Waals surface area contributed by atoms with Crippen LogP contribution in [0.1, 0.15) is 24.4 Å². The van der Waals surface area contributed by atoms with Gasteiger partial charge in [-0.1, -0.05) is 12.1 Å². The van der Waals surface area contributed by atoms with Crippen LogP contribution in [-0.2, 0) is 9.53 Å². The Morgan fingerprint density at radius 3 is 3.00 bits per heavy atom. The Labute approximate surface area is 107 Å². The van der Waals surface area contributed by atoms with Crippen molar-refractivity contribution in [2.45, 2.75) is 18.9 Å². The first-order valence-electron chi connectivity index (χ1n) is 6.18. The lowest BCUT2D eigenvalue weighted by Crippen LogP contribution is -2.33. The number of hydrogen-bond donors (Lipinski definition) is 0. The molecule has 1 aromatic rings. The molecule has 0 aliphatic carbocycles. The minimum absolute atomic E-state index is 0.0582. The van der Waals surface area contributed by atoms with Gasteiger partial charge in [-0.25, -0.2) is 0 Å². The number of likely N-dealkylation sites (tertiary alicyclic amines) is 1. The number of amides is 1. The van der Waals surface area contributed by atoms with Crippen molar-refractivity contribution in [2.24, 2.45) is 0 Å². The highest BCUT2D eigenvalue weighted by atomic mass is 16.5. The normalized spacial score (nSPS) is 19.0. The summed E-state index contributed by atoms with van der Waals surface area (Å²) in [6.45, 7) is 0.963. The fourth-order valence-corrected chi connectivity index (χ4v) is 2.47. The van der Waals surface area contributed by atoms with Gasteiger partial charge in [-0.3, -0.25) is 4.79 Å². The largest absolute Gasteiger partial charge is 0.497 e. The Morgan fingerprint density at radius 2 is 2.28 bits per heavy atom. The predicted molar refractivity (Wildman–Crippen MR) is 68.6 cm³/mol. The molecule has 1 fully saturated rings. The standard InChI is InChI=1S/C14H19NO3/c1-17-10-14(16)15-8-4-7-13(15)11-5-3-6-12(9-11)18-2/h3,5-6,9,13H,4,7-8,10H2,1-2H3. The van der Waals surface area contributed by atoms with E-state index in [2.05, 4.69) is 0 Å². The molecule has 0 saturated carbocycles. The lowest BCUT2D eigenvalue weighted by Gasteiger charge is -2.25. The van der Waals surface area contributed by atoms with Gasteiger partial charge in [-0.15, -0.1) is 0 Å². The van der Waals surface area contributed by atoms with Crippen LogP contribution in [0.4, 0.5) is 0 Å². The van der Waals surface area contributed by atoms with Gasteiger partial charge in [0.05, 0.1) is 13.2 Å². The molecule has 18 heavy (non-hydrogen) atoms. The maximum absolute atomic E-state index is 12.0. The SMILES string of the molecule is COCC(=O)N1CCCC1c1cccc(OC)c1. The number of rotatable bonds is 4. The number of methoxy groups -OCH3 is 2. The van der Waals surface area contributed by atoms with Gasteiger partial charge in [0.15, 0.2) is 0 Å². The van der Waals surface area contributed by atoms with E-state index in [9.17, 15) is 4.79 Å². The van der Waals surface area contributed by atoms with E-state index in [-0.39, 0.29) is 18.6 Å². The summed E-state index contributed by atoms with van der Waals surface area (Å²) in [7, 11) is 3.20. The number of carbonyl (C=O) groups is 1. The summed E-state index contributed by atoms with van der Waals surface area (Å²) in [5.41, 5.74) is 1.14. The molecule has 1 unspecified atom stereocenters. The van der Waals surface area contributed by atoms with Crippen molar-refractivity contribution in [3.05, 3.63) is 29.8 Å². The zero-order chi connectivity index (χ0) is 13.0. The van der Waals surface area contributed by atoms with Crippen molar-refractivity contribution >= 4 is 5.91 Å². The van der Waals surface area contributed by atoms with E-state index >= 15 is 0 Å². The minimum Gasteiger partial charge on any atom is -0.497 e. The Balaban J connectivity index is 2.17. The van der Waals surface area contributed by atoms with Gasteiger partial charge < -0.3 is 14.4 Å². The van der Waals surface area contributed by atoms with E-state index in [1.165, 1.54) is 0 Å². The van der Waals surface area contributed by atoms with E-state index in [0.29, 0.717) is 0 Å². The summed E-state index contributed by atoms with van der Waals surface area (Å²) in [6, 6.07) is 8.09. The van der Waals surface area contributed by atoms with Crippen LogP contribution in [0.15, 0.2) is 24.3 Å². The molecule has 4 nitrogen and oxygen atoms in total. The van der Waals surface area contributed by atoms with Gasteiger partial charge in [-0.2, -0.15) is 0 Å². The minimum atomic E-state index is 0.0582. The van der Waals surface area contributed by atoms with E-state index < -0.39 is 0 Å². The van der Waals surface area contributed by atoms with Crippen LogP contribution in [0.2, 0.25) is 0 Å². The van der Waals surface area contributed by atoms with Gasteiger partial charge in [0.1, 0.15) is 12.4 Å². The zero-order valence-corrected chi connectivity index (χ0v) is 10.9. The smallest absolute Gasteiger partial charge is 0.249 e. The van der Waals surface area contributed by atoms with Gasteiger partial charge in [0.2, 0.25) is 5.91 Å². The van der Waals surface area contributed by atoms with Crippen molar-refractivity contribution in [1.29, 1.82) is 0 Å². The molecular formula is C14H19NO3. The van der Waals surface area contributed by atoms with Crippen LogP contribution in [0.3, 0.4) is 0 Å². The van der Waals surface area contributed by atoms with Crippen LogP contribution in [0.5, 0.6) is 5.75 Å². The van der Waals surface area contributed by atoms with Gasteiger partial charge in [-0.05, 0) is 30.5 Å². The Morgan fingerprint density at radius 1 is 1.44 bits per heavy atom. The topological polar surface area (TPSA) is 38.8 Å². The summed E-state index contributed by atoms with van der Waals surface area (Å²) in [5.74, 6) is 0.890. The lowest BCUT2D eigenvalue weighted by atomic mass is 10.0. The molecule has 0 aromatic heterocycles. The van der Waals surface area contributed by atoms with Crippen LogP contribution >= 0.6 is 0 Å². The fourth-order valence-electron chi connectivity index (χ4n) is 2.47. The fraction of sp³-hybridized carbons (Fsp3) is 0.500. The molecule has 4 heteroatoms. The van der Waals surface area contributed by atoms with Crippen molar-refractivity contribution in [1.82, 2.24) is 4.90 Å². The molecule has 1 amide bonds. The maximum Gasteiger partial charge on any atom is 0.249 e. The summed E-state index contributed by atoms with van der Waals surface area (Å²) in [6.07, 6.45) is 2.04. The summed E-state index contributed by atoms with van der Waals surface area (Å²) in [5, 5.41) is 0. The second-order valence-electron chi connectivity index (χ2n) is 4.45. The van der Waals surface area contributed by atoms with Gasteiger partial charge in [0.25, 0.3) is 0 Å². The summed E-state index contributed by atoms with van der Waals surface area (Å²) < 4.78 is 10.2. The summed E-state index contributed by atoms with van der Waals surface area (Å²) in [4.78, 5) is 13.9. The van der Waals surface area contributed by atoms with Gasteiger partial charge in [0, 0.05) is 13.7 Å². The van der Waals surface area contributed by atoms with Crippen LogP contribution in [0.25, 0.3) is 0 Å². The van der Waals surface area contributed by atoms with Crippen molar-refractivity contribution in [3.63, 3.8) is 0 Å². The molecule has 1 atom stereocenters. The van der Waals surface area contributed by atoms with Crippen LogP contribution in [0, 0.1) is 0 Å². The molecular weight excluding hydrogens is 230 g/mol. The molecule has 1 saturated heterocycles. The third kappa shape index (κ3) is 2.64. The first-order chi connectivity index (χ1) is 8.76. The molecule has 1 aromatic carbocycles. The highest BCUT2D eigenvalue weighted by Gasteiger charge is 2.29. The number of ether oxygens (including phenoxy) is 2. The number of carbonyl (C=O) groups excluding carboxylic acids is 1. The number of hydrogen-bond acceptors (Lipinski definition) is 3. The Kier molecular flexibility index (Phi) is 4.20. The van der Waals surface area contributed by atoms with Crippen molar-refractivity contribution in [2.75, 3.05) is 27.4 Å². The second kappa shape index (κ2) is 5.87. The van der Waals surface area contributed by atoms with E-state index in [1.54, 1.807) is 14.2 Å². The average Bonchev–Trinajstić information content (AvgIpc) is 2.88. The number of nitrogens with zero attached hydrogens (tertiary/aromatic N) is 1. The molecule has 1 aliphatic rings. The van der Waals surface area contributed by atoms with Crippen LogP contribution in [-0.4, -0.2) is 38.2 Å². The summed E-state index contributed by atoms with van der Waals surface area (Å²) >= 11 is 0. The third-order valence-electron chi connectivity index (χ3n) is 3.32. The monoisotopic (exact) mass is 249 g/mol. The average molecular weight is 249 g/mol. The molecule has 98 valence electrons. The molecule has 1 aliphatic heterocycles. The number of benzene rings is 1. The molecule has 0 spiro atoms. The van der Waals surface area contributed by atoms with Crippen molar-refractivity contribution in [3.8, 4) is 5.75 Å². The highest BCUT2D eigenvalue weighted by Crippen LogP contribution is 2.33. The zero-order valence-electron chi connectivity index (χ0n) is 10.9. The predicted octanol–water partition coefficient (Wildman–Crippen LogP) is 2.01.